The standard InChI is InChI=1S/C20H21N3O6/c1-13(24)21-17(11-14-5-3-2-4-6-14)19(25)22-18(20(26)27)12-15-7-9-16(10-8-15)23(28)29/h2-10,17-18H,11-12H2,1H3,(H,21,24)(H,22,25)(H,26,27)/t17-,18+/m0/s1. The number of nitrogens with one attached hydrogen (secondary N) is 2. The molecule has 0 aliphatic carbocycles. The van der Waals surface area contributed by atoms with E-state index in [0.717, 1.165) is 5.56 Å². The molecule has 0 saturated heterocycles. The number of nitro benzene ring substituents is 1. The maximum atomic E-state index is 12.7. The average molecular weight is 399 g/mol. The van der Waals surface area contributed by atoms with E-state index in [4.69, 9.17) is 0 Å². The number of nitrogens with zero attached hydrogens (tertiary/aromatic N) is 1. The fourth-order valence-electron chi connectivity index (χ4n) is 2.77. The summed E-state index contributed by atoms with van der Waals surface area (Å²) in [5.74, 6) is -2.29. The van der Waals surface area contributed by atoms with Gasteiger partial charge < -0.3 is 15.7 Å². The Hall–Kier alpha value is -3.75. The number of benzene rings is 2. The molecule has 0 aliphatic heterocycles. The molecule has 29 heavy (non-hydrogen) atoms. The first-order valence-corrected chi connectivity index (χ1v) is 8.84. The van der Waals surface area contributed by atoms with E-state index >= 15 is 0 Å². The fraction of sp³-hybridized carbons (Fsp3) is 0.250. The largest absolute Gasteiger partial charge is 0.480 e. The van der Waals surface area contributed by atoms with Crippen LogP contribution in [-0.2, 0) is 27.2 Å². The average Bonchev–Trinajstić information content (AvgIpc) is 2.67. The smallest absolute Gasteiger partial charge is 0.326 e. The van der Waals surface area contributed by atoms with Crippen LogP contribution in [0.25, 0.3) is 0 Å². The van der Waals surface area contributed by atoms with Crippen LogP contribution >= 0.6 is 0 Å². The van der Waals surface area contributed by atoms with Gasteiger partial charge >= 0.3 is 5.97 Å². The quantitative estimate of drug-likeness (QED) is 0.431. The van der Waals surface area contributed by atoms with Crippen molar-refractivity contribution in [3.05, 3.63) is 75.8 Å². The summed E-state index contributed by atoms with van der Waals surface area (Å²) in [5, 5.41) is 25.2. The molecule has 2 aromatic carbocycles. The molecule has 0 aliphatic rings. The van der Waals surface area contributed by atoms with Crippen LogP contribution in [0.3, 0.4) is 0 Å². The molecule has 2 amide bonds. The molecular formula is C20H21N3O6. The fourth-order valence-corrected chi connectivity index (χ4v) is 2.77. The van der Waals surface area contributed by atoms with Crippen LogP contribution in [0.1, 0.15) is 18.1 Å². The van der Waals surface area contributed by atoms with E-state index in [9.17, 15) is 29.6 Å². The topological polar surface area (TPSA) is 139 Å². The number of non-ortho nitro benzene ring substituents is 1. The van der Waals surface area contributed by atoms with Crippen molar-refractivity contribution in [2.45, 2.75) is 31.8 Å². The molecule has 0 aromatic heterocycles. The van der Waals surface area contributed by atoms with Crippen molar-refractivity contribution < 1.29 is 24.4 Å². The number of carbonyl (C=O) groups is 3. The van der Waals surface area contributed by atoms with Crippen LogP contribution in [0.4, 0.5) is 5.69 Å². The molecule has 9 nitrogen and oxygen atoms in total. The summed E-state index contributed by atoms with van der Waals surface area (Å²) in [5.41, 5.74) is 1.21. The van der Waals surface area contributed by atoms with Crippen LogP contribution in [-0.4, -0.2) is 39.9 Å². The molecule has 2 rings (SSSR count). The minimum atomic E-state index is -1.25. The Kier molecular flexibility index (Phi) is 7.41. The highest BCUT2D eigenvalue weighted by Gasteiger charge is 2.26. The molecule has 0 radical (unpaired) electrons. The van der Waals surface area contributed by atoms with Crippen molar-refractivity contribution in [3.8, 4) is 0 Å². The molecule has 0 bridgehead atoms. The van der Waals surface area contributed by atoms with Crippen molar-refractivity contribution in [1.82, 2.24) is 10.6 Å². The zero-order chi connectivity index (χ0) is 21.4. The molecule has 152 valence electrons. The summed E-state index contributed by atoms with van der Waals surface area (Å²) in [6, 6.07) is 12.2. The molecule has 2 atom stereocenters. The number of hydrogen-bond acceptors (Lipinski definition) is 5. The van der Waals surface area contributed by atoms with Crippen LogP contribution in [0, 0.1) is 10.1 Å². The number of carbonyl (C=O) groups excluding carboxylic acids is 2. The summed E-state index contributed by atoms with van der Waals surface area (Å²) < 4.78 is 0. The minimum absolute atomic E-state index is 0.0583. The van der Waals surface area contributed by atoms with Crippen LogP contribution in [0.5, 0.6) is 0 Å². The summed E-state index contributed by atoms with van der Waals surface area (Å²) in [7, 11) is 0. The number of carboxylic acids is 1. The molecule has 0 fully saturated rings. The highest BCUT2D eigenvalue weighted by Crippen LogP contribution is 2.13. The molecule has 0 spiro atoms. The molecule has 0 unspecified atom stereocenters. The van der Waals surface area contributed by atoms with Gasteiger partial charge in [-0.05, 0) is 11.1 Å². The van der Waals surface area contributed by atoms with Crippen molar-refractivity contribution >= 4 is 23.5 Å². The zero-order valence-electron chi connectivity index (χ0n) is 15.7. The second kappa shape index (κ2) is 9.98. The summed E-state index contributed by atoms with van der Waals surface area (Å²) in [6.07, 6.45) is 0.146. The van der Waals surface area contributed by atoms with Gasteiger partial charge in [0, 0.05) is 31.9 Å². The minimum Gasteiger partial charge on any atom is -0.480 e. The normalized spacial score (nSPS) is 12.4. The van der Waals surface area contributed by atoms with Crippen molar-refractivity contribution in [2.24, 2.45) is 0 Å². The van der Waals surface area contributed by atoms with Crippen LogP contribution in [0.15, 0.2) is 54.6 Å². The molecule has 9 heteroatoms. The SMILES string of the molecule is CC(=O)N[C@@H](Cc1ccccc1)C(=O)N[C@H](Cc1ccc([N+](=O)[O-])cc1)C(=O)O. The van der Waals surface area contributed by atoms with Gasteiger partial charge in [0.1, 0.15) is 12.1 Å². The van der Waals surface area contributed by atoms with Crippen molar-refractivity contribution in [3.63, 3.8) is 0 Å². The summed E-state index contributed by atoms with van der Waals surface area (Å²) in [4.78, 5) is 45.9. The van der Waals surface area contributed by atoms with Gasteiger partial charge in [0.15, 0.2) is 0 Å². The third-order valence-electron chi connectivity index (χ3n) is 4.18. The lowest BCUT2D eigenvalue weighted by molar-refractivity contribution is -0.384. The van der Waals surface area contributed by atoms with E-state index in [2.05, 4.69) is 10.6 Å². The summed E-state index contributed by atoms with van der Waals surface area (Å²) in [6.45, 7) is 1.27. The first-order valence-electron chi connectivity index (χ1n) is 8.84. The second-order valence-electron chi connectivity index (χ2n) is 6.47. The van der Waals surface area contributed by atoms with Crippen molar-refractivity contribution in [2.75, 3.05) is 0 Å². The van der Waals surface area contributed by atoms with Gasteiger partial charge in [0.05, 0.1) is 4.92 Å². The molecule has 0 saturated carbocycles. The second-order valence-corrected chi connectivity index (χ2v) is 6.47. The molecular weight excluding hydrogens is 378 g/mol. The third-order valence-corrected chi connectivity index (χ3v) is 4.18. The Labute approximate surface area is 166 Å². The third kappa shape index (κ3) is 6.73. The van der Waals surface area contributed by atoms with Crippen molar-refractivity contribution in [1.29, 1.82) is 0 Å². The van der Waals surface area contributed by atoms with E-state index in [1.54, 1.807) is 24.3 Å². The van der Waals surface area contributed by atoms with Crippen LogP contribution < -0.4 is 10.6 Å². The molecule has 3 N–H and O–H groups in total. The first kappa shape index (κ1) is 21.5. The maximum absolute atomic E-state index is 12.7. The Balaban J connectivity index is 2.11. The lowest BCUT2D eigenvalue weighted by Gasteiger charge is -2.21. The van der Waals surface area contributed by atoms with E-state index in [0.29, 0.717) is 5.56 Å². The van der Waals surface area contributed by atoms with E-state index in [-0.39, 0.29) is 18.5 Å². The van der Waals surface area contributed by atoms with E-state index in [1.165, 1.54) is 31.2 Å². The zero-order valence-corrected chi connectivity index (χ0v) is 15.7. The maximum Gasteiger partial charge on any atom is 0.326 e. The molecule has 2 aromatic rings. The van der Waals surface area contributed by atoms with Gasteiger partial charge in [0.25, 0.3) is 5.69 Å². The Morgan fingerprint density at radius 3 is 2.00 bits per heavy atom. The van der Waals surface area contributed by atoms with Crippen LogP contribution in [0.2, 0.25) is 0 Å². The molecule has 0 heterocycles. The van der Waals surface area contributed by atoms with E-state index in [1.807, 2.05) is 6.07 Å². The Morgan fingerprint density at radius 2 is 1.48 bits per heavy atom. The predicted molar refractivity (Wildman–Crippen MR) is 104 cm³/mol. The first-order chi connectivity index (χ1) is 13.8. The number of rotatable bonds is 9. The number of carboxylic acid groups (broad SMARTS) is 1. The van der Waals surface area contributed by atoms with Gasteiger partial charge in [-0.3, -0.25) is 19.7 Å². The van der Waals surface area contributed by atoms with Gasteiger partial charge in [-0.15, -0.1) is 0 Å². The highest BCUT2D eigenvalue weighted by molar-refractivity contribution is 5.90. The van der Waals surface area contributed by atoms with E-state index < -0.39 is 34.8 Å². The highest BCUT2D eigenvalue weighted by atomic mass is 16.6. The van der Waals surface area contributed by atoms with Gasteiger partial charge in [0.2, 0.25) is 11.8 Å². The number of aliphatic carboxylic acids is 1. The Morgan fingerprint density at radius 1 is 0.931 bits per heavy atom. The monoisotopic (exact) mass is 399 g/mol. The number of nitro groups is 1. The Bertz CT molecular complexity index is 883. The van der Waals surface area contributed by atoms with Gasteiger partial charge in [-0.1, -0.05) is 42.5 Å². The van der Waals surface area contributed by atoms with Gasteiger partial charge in [-0.25, -0.2) is 4.79 Å². The number of hydrogen-bond donors (Lipinski definition) is 3. The summed E-state index contributed by atoms with van der Waals surface area (Å²) >= 11 is 0. The van der Waals surface area contributed by atoms with Gasteiger partial charge in [-0.2, -0.15) is 0 Å². The lowest BCUT2D eigenvalue weighted by atomic mass is 10.0. The predicted octanol–water partition coefficient (Wildman–Crippen LogP) is 1.45. The lowest BCUT2D eigenvalue weighted by Crippen LogP contribution is -2.52. The number of amides is 2.